The Hall–Kier alpha value is -2.90. The maximum absolute atomic E-state index is 12.6. The van der Waals surface area contributed by atoms with Crippen molar-refractivity contribution in [1.29, 1.82) is 0 Å². The summed E-state index contributed by atoms with van der Waals surface area (Å²) in [6.45, 7) is 9.43. The van der Waals surface area contributed by atoms with Crippen molar-refractivity contribution in [3.63, 3.8) is 0 Å². The molecule has 1 aliphatic heterocycles. The predicted octanol–water partition coefficient (Wildman–Crippen LogP) is 4.08. The Labute approximate surface area is 200 Å². The number of piperazine rings is 1. The molecular formula is C26H32N4O2S. The molecule has 0 radical (unpaired) electrons. The van der Waals surface area contributed by atoms with Crippen LogP contribution in [-0.4, -0.2) is 61.2 Å². The fourth-order valence-corrected chi connectivity index (χ4v) is 4.96. The molecule has 1 fully saturated rings. The molecule has 4 rings (SSSR count). The summed E-state index contributed by atoms with van der Waals surface area (Å²) in [6, 6.07) is 18.8. The smallest absolute Gasteiger partial charge is 0.226 e. The van der Waals surface area contributed by atoms with E-state index in [1.54, 1.807) is 11.3 Å². The van der Waals surface area contributed by atoms with Crippen molar-refractivity contribution < 1.29 is 9.53 Å². The van der Waals surface area contributed by atoms with Crippen LogP contribution in [0.5, 0.6) is 5.75 Å². The number of nitrogens with one attached hydrogen (secondary N) is 1. The zero-order valence-corrected chi connectivity index (χ0v) is 20.2. The van der Waals surface area contributed by atoms with Crippen LogP contribution in [0.25, 0.3) is 10.6 Å². The van der Waals surface area contributed by atoms with Gasteiger partial charge in [0.25, 0.3) is 0 Å². The lowest BCUT2D eigenvalue weighted by Gasteiger charge is -2.39. The van der Waals surface area contributed by atoms with E-state index in [1.807, 2.05) is 36.6 Å². The number of aromatic nitrogens is 1. The van der Waals surface area contributed by atoms with E-state index < -0.39 is 0 Å². The first-order chi connectivity index (χ1) is 16.1. The highest BCUT2D eigenvalue weighted by molar-refractivity contribution is 7.13. The summed E-state index contributed by atoms with van der Waals surface area (Å²) in [5.41, 5.74) is 3.05. The second kappa shape index (κ2) is 11.3. The highest BCUT2D eigenvalue weighted by atomic mass is 32.1. The Kier molecular flexibility index (Phi) is 7.96. The molecule has 1 atom stereocenters. The minimum Gasteiger partial charge on any atom is -0.493 e. The van der Waals surface area contributed by atoms with Crippen molar-refractivity contribution in [2.75, 3.05) is 44.2 Å². The molecule has 1 amide bonds. The third kappa shape index (κ3) is 6.12. The standard InChI is InChI=1S/C26H32N4O2S/c1-3-32-24-12-8-7-11-23(24)26-28-21(19-33-26)17-25(31)27-18-20(2)29-13-15-30(16-14-29)22-9-5-4-6-10-22/h4-12,19-20H,3,13-18H2,1-2H3,(H,27,31). The first-order valence-corrected chi connectivity index (χ1v) is 12.5. The summed E-state index contributed by atoms with van der Waals surface area (Å²) < 4.78 is 5.72. The van der Waals surface area contributed by atoms with Crippen molar-refractivity contribution in [1.82, 2.24) is 15.2 Å². The second-order valence-corrected chi connectivity index (χ2v) is 9.12. The van der Waals surface area contributed by atoms with Crippen LogP contribution in [0.15, 0.2) is 60.0 Å². The number of hydrogen-bond acceptors (Lipinski definition) is 6. The van der Waals surface area contributed by atoms with Gasteiger partial charge in [0.2, 0.25) is 5.91 Å². The van der Waals surface area contributed by atoms with Crippen molar-refractivity contribution >= 4 is 22.9 Å². The molecule has 0 spiro atoms. The second-order valence-electron chi connectivity index (χ2n) is 8.26. The van der Waals surface area contributed by atoms with Crippen LogP contribution in [0.2, 0.25) is 0 Å². The van der Waals surface area contributed by atoms with Crippen LogP contribution in [0.1, 0.15) is 19.5 Å². The van der Waals surface area contributed by atoms with Crippen LogP contribution in [0.3, 0.4) is 0 Å². The lowest BCUT2D eigenvalue weighted by atomic mass is 10.2. The highest BCUT2D eigenvalue weighted by Crippen LogP contribution is 2.32. The maximum atomic E-state index is 12.6. The molecule has 0 saturated carbocycles. The topological polar surface area (TPSA) is 57.7 Å². The summed E-state index contributed by atoms with van der Waals surface area (Å²) in [5.74, 6) is 0.839. The molecule has 0 aliphatic carbocycles. The lowest BCUT2D eigenvalue weighted by Crippen LogP contribution is -2.52. The molecule has 6 nitrogen and oxygen atoms in total. The number of ether oxygens (including phenoxy) is 1. The number of amides is 1. The molecule has 1 N–H and O–H groups in total. The highest BCUT2D eigenvalue weighted by Gasteiger charge is 2.21. The number of nitrogens with zero attached hydrogens (tertiary/aromatic N) is 3. The number of para-hydroxylation sites is 2. The maximum Gasteiger partial charge on any atom is 0.226 e. The summed E-state index contributed by atoms with van der Waals surface area (Å²) >= 11 is 1.55. The fraction of sp³-hybridized carbons (Fsp3) is 0.385. The molecule has 1 aromatic heterocycles. The van der Waals surface area contributed by atoms with Gasteiger partial charge in [-0.1, -0.05) is 30.3 Å². The van der Waals surface area contributed by atoms with E-state index in [4.69, 9.17) is 4.74 Å². The van der Waals surface area contributed by atoms with E-state index in [-0.39, 0.29) is 5.91 Å². The van der Waals surface area contributed by atoms with E-state index in [0.717, 1.165) is 48.2 Å². The van der Waals surface area contributed by atoms with Gasteiger partial charge in [0, 0.05) is 49.8 Å². The summed E-state index contributed by atoms with van der Waals surface area (Å²) in [4.78, 5) is 22.1. The van der Waals surface area contributed by atoms with Crippen molar-refractivity contribution in [3.05, 3.63) is 65.7 Å². The fourth-order valence-electron chi connectivity index (χ4n) is 4.11. The summed E-state index contributed by atoms with van der Waals surface area (Å²) in [5, 5.41) is 5.94. The van der Waals surface area contributed by atoms with Crippen LogP contribution >= 0.6 is 11.3 Å². The monoisotopic (exact) mass is 464 g/mol. The van der Waals surface area contributed by atoms with Gasteiger partial charge in [0.1, 0.15) is 10.8 Å². The Morgan fingerprint density at radius 2 is 1.82 bits per heavy atom. The van der Waals surface area contributed by atoms with E-state index >= 15 is 0 Å². The number of carbonyl (C=O) groups excluding carboxylic acids is 1. The molecule has 1 aliphatic rings. The first kappa shape index (κ1) is 23.3. The Balaban J connectivity index is 1.24. The normalized spacial score (nSPS) is 15.3. The van der Waals surface area contributed by atoms with E-state index in [2.05, 4.69) is 57.4 Å². The average molecular weight is 465 g/mol. The molecular weight excluding hydrogens is 432 g/mol. The molecule has 1 unspecified atom stereocenters. The van der Waals surface area contributed by atoms with Gasteiger partial charge in [0.15, 0.2) is 0 Å². The van der Waals surface area contributed by atoms with Crippen molar-refractivity contribution in [3.8, 4) is 16.3 Å². The lowest BCUT2D eigenvalue weighted by molar-refractivity contribution is -0.120. The van der Waals surface area contributed by atoms with E-state index in [9.17, 15) is 4.79 Å². The third-order valence-corrected chi connectivity index (χ3v) is 6.89. The molecule has 2 aromatic carbocycles. The largest absolute Gasteiger partial charge is 0.493 e. The number of rotatable bonds is 9. The Morgan fingerprint density at radius 1 is 1.09 bits per heavy atom. The number of benzene rings is 2. The van der Waals surface area contributed by atoms with Crippen molar-refractivity contribution in [2.24, 2.45) is 0 Å². The van der Waals surface area contributed by atoms with Gasteiger partial charge in [-0.15, -0.1) is 11.3 Å². The Bertz CT molecular complexity index is 1030. The van der Waals surface area contributed by atoms with Crippen LogP contribution in [0, 0.1) is 0 Å². The van der Waals surface area contributed by atoms with E-state index in [0.29, 0.717) is 25.6 Å². The third-order valence-electron chi connectivity index (χ3n) is 5.96. The van der Waals surface area contributed by atoms with Crippen LogP contribution < -0.4 is 15.0 Å². The minimum absolute atomic E-state index is 0.0136. The van der Waals surface area contributed by atoms with Crippen molar-refractivity contribution in [2.45, 2.75) is 26.3 Å². The van der Waals surface area contributed by atoms with Gasteiger partial charge in [0.05, 0.1) is 24.3 Å². The first-order valence-electron chi connectivity index (χ1n) is 11.6. The van der Waals surface area contributed by atoms with Gasteiger partial charge in [-0.05, 0) is 38.1 Å². The molecule has 3 aromatic rings. The SMILES string of the molecule is CCOc1ccccc1-c1nc(CC(=O)NCC(C)N2CCN(c3ccccc3)CC2)cs1. The van der Waals surface area contributed by atoms with Gasteiger partial charge in [-0.25, -0.2) is 4.98 Å². The molecule has 33 heavy (non-hydrogen) atoms. The van der Waals surface area contributed by atoms with Crippen LogP contribution in [0.4, 0.5) is 5.69 Å². The molecule has 0 bridgehead atoms. The number of anilines is 1. The van der Waals surface area contributed by atoms with Crippen LogP contribution in [-0.2, 0) is 11.2 Å². The van der Waals surface area contributed by atoms with Gasteiger partial charge < -0.3 is 15.0 Å². The molecule has 7 heteroatoms. The van der Waals surface area contributed by atoms with E-state index in [1.165, 1.54) is 5.69 Å². The minimum atomic E-state index is 0.0136. The Morgan fingerprint density at radius 3 is 2.58 bits per heavy atom. The predicted molar refractivity (Wildman–Crippen MR) is 135 cm³/mol. The molecule has 1 saturated heterocycles. The summed E-state index contributed by atoms with van der Waals surface area (Å²) in [7, 11) is 0. The van der Waals surface area contributed by atoms with Gasteiger partial charge >= 0.3 is 0 Å². The van der Waals surface area contributed by atoms with Gasteiger partial charge in [-0.2, -0.15) is 0 Å². The zero-order valence-electron chi connectivity index (χ0n) is 19.4. The molecule has 2 heterocycles. The zero-order chi connectivity index (χ0) is 23.0. The quantitative estimate of drug-likeness (QED) is 0.517. The number of hydrogen-bond donors (Lipinski definition) is 1. The average Bonchev–Trinajstić information content (AvgIpc) is 3.32. The number of carbonyl (C=O) groups is 1. The number of thiazole rings is 1. The van der Waals surface area contributed by atoms with Gasteiger partial charge in [-0.3, -0.25) is 9.69 Å². The molecule has 174 valence electrons. The summed E-state index contributed by atoms with van der Waals surface area (Å²) in [6.07, 6.45) is 0.293.